The van der Waals surface area contributed by atoms with Crippen molar-refractivity contribution in [2.75, 3.05) is 5.32 Å². The molecule has 2 aromatic carbocycles. The molecule has 0 aromatic heterocycles. The monoisotopic (exact) mass is 353 g/mol. The Morgan fingerprint density at radius 1 is 1.12 bits per heavy atom. The van der Waals surface area contributed by atoms with Crippen LogP contribution in [0.2, 0.25) is 5.02 Å². The molecular weight excluding hydrogens is 338 g/mol. The van der Waals surface area contributed by atoms with E-state index in [0.717, 1.165) is 11.1 Å². The number of halogens is 1. The Bertz CT molecular complexity index is 823. The first-order valence-corrected chi connectivity index (χ1v) is 7.92. The fraction of sp³-hybridized carbons (Fsp3) is 0.105. The molecule has 0 heterocycles. The van der Waals surface area contributed by atoms with Gasteiger partial charge in [-0.3, -0.25) is 9.59 Å². The minimum atomic E-state index is -0.315. The molecule has 0 fully saturated rings. The van der Waals surface area contributed by atoms with Crippen molar-refractivity contribution in [1.29, 1.82) is 5.26 Å². The van der Waals surface area contributed by atoms with Crippen molar-refractivity contribution in [3.63, 3.8) is 0 Å². The molecule has 0 saturated carbocycles. The molecule has 0 radical (unpaired) electrons. The van der Waals surface area contributed by atoms with Crippen LogP contribution in [-0.4, -0.2) is 11.8 Å². The normalized spacial score (nSPS) is 10.2. The highest BCUT2D eigenvalue weighted by atomic mass is 35.5. The number of nitriles is 1. The van der Waals surface area contributed by atoms with Gasteiger partial charge in [0.1, 0.15) is 6.42 Å². The third-order valence-electron chi connectivity index (χ3n) is 3.27. The van der Waals surface area contributed by atoms with Gasteiger partial charge in [-0.25, -0.2) is 0 Å². The average Bonchev–Trinajstić information content (AvgIpc) is 2.61. The molecule has 0 atom stereocenters. The van der Waals surface area contributed by atoms with Crippen molar-refractivity contribution in [1.82, 2.24) is 5.32 Å². The summed E-state index contributed by atoms with van der Waals surface area (Å²) < 4.78 is 0. The zero-order valence-electron chi connectivity index (χ0n) is 13.3. The summed E-state index contributed by atoms with van der Waals surface area (Å²) in [5.74, 6) is -0.584. The molecule has 0 aliphatic carbocycles. The zero-order chi connectivity index (χ0) is 18.1. The quantitative estimate of drug-likeness (QED) is 0.779. The first-order valence-electron chi connectivity index (χ1n) is 7.54. The van der Waals surface area contributed by atoms with Crippen LogP contribution in [0.3, 0.4) is 0 Å². The van der Waals surface area contributed by atoms with Crippen LogP contribution in [0.15, 0.2) is 54.6 Å². The number of nitrogens with one attached hydrogen (secondary N) is 2. The van der Waals surface area contributed by atoms with E-state index in [-0.39, 0.29) is 18.2 Å². The second-order valence-corrected chi connectivity index (χ2v) is 5.56. The number of hydrogen-bond donors (Lipinski definition) is 2. The largest absolute Gasteiger partial charge is 0.351 e. The molecule has 0 saturated heterocycles. The molecule has 0 bridgehead atoms. The van der Waals surface area contributed by atoms with Gasteiger partial charge in [-0.05, 0) is 35.4 Å². The number of rotatable bonds is 6. The number of hydrogen-bond acceptors (Lipinski definition) is 3. The van der Waals surface area contributed by atoms with Gasteiger partial charge in [0.15, 0.2) is 0 Å². The van der Waals surface area contributed by atoms with E-state index in [4.69, 9.17) is 16.9 Å². The van der Waals surface area contributed by atoms with Crippen molar-refractivity contribution in [3.05, 3.63) is 70.8 Å². The van der Waals surface area contributed by atoms with E-state index in [2.05, 4.69) is 10.6 Å². The number of amides is 2. The molecule has 0 spiro atoms. The molecule has 2 rings (SSSR count). The summed E-state index contributed by atoms with van der Waals surface area (Å²) in [6, 6.07) is 16.1. The van der Waals surface area contributed by atoms with E-state index in [9.17, 15) is 9.59 Å². The molecule has 0 aliphatic rings. The Hall–Kier alpha value is -3.10. The van der Waals surface area contributed by atoms with Gasteiger partial charge < -0.3 is 10.6 Å². The minimum Gasteiger partial charge on any atom is -0.351 e. The molecular formula is C19H16ClN3O2. The predicted molar refractivity (Wildman–Crippen MR) is 97.6 cm³/mol. The van der Waals surface area contributed by atoms with Gasteiger partial charge in [0.25, 0.3) is 0 Å². The highest BCUT2D eigenvalue weighted by molar-refractivity contribution is 6.32. The number of anilines is 1. The van der Waals surface area contributed by atoms with E-state index < -0.39 is 0 Å². The van der Waals surface area contributed by atoms with E-state index in [0.29, 0.717) is 17.3 Å². The fourth-order valence-corrected chi connectivity index (χ4v) is 2.20. The van der Waals surface area contributed by atoms with Gasteiger partial charge in [0.2, 0.25) is 11.8 Å². The van der Waals surface area contributed by atoms with Gasteiger partial charge in [-0.15, -0.1) is 0 Å². The molecule has 2 amide bonds. The van der Waals surface area contributed by atoms with Crippen LogP contribution in [0.4, 0.5) is 5.69 Å². The molecule has 126 valence electrons. The lowest BCUT2D eigenvalue weighted by Crippen LogP contribution is -2.21. The Morgan fingerprint density at radius 3 is 2.52 bits per heavy atom. The topological polar surface area (TPSA) is 82.0 Å². The van der Waals surface area contributed by atoms with Crippen molar-refractivity contribution in [2.24, 2.45) is 0 Å². The van der Waals surface area contributed by atoms with Gasteiger partial charge in [0.05, 0.1) is 6.07 Å². The predicted octanol–water partition coefficient (Wildman–Crippen LogP) is 3.52. The van der Waals surface area contributed by atoms with Gasteiger partial charge >= 0.3 is 0 Å². The third kappa shape index (κ3) is 6.13. The van der Waals surface area contributed by atoms with Crippen LogP contribution < -0.4 is 10.6 Å². The Kier molecular flexibility index (Phi) is 6.76. The molecule has 6 heteroatoms. The number of benzene rings is 2. The standard InChI is InChI=1S/C19H16ClN3O2/c20-17-4-2-1-3-15(17)7-10-19(25)23-16-8-5-14(6-9-16)13-22-18(24)11-12-21/h1-10H,11,13H2,(H,22,24)(H,23,25)/b10-7+. The van der Waals surface area contributed by atoms with Crippen molar-refractivity contribution in [2.45, 2.75) is 13.0 Å². The maximum atomic E-state index is 11.9. The summed E-state index contributed by atoms with van der Waals surface area (Å²) in [6.45, 7) is 0.334. The van der Waals surface area contributed by atoms with Gasteiger partial charge in [0, 0.05) is 23.3 Å². The maximum absolute atomic E-state index is 11.9. The third-order valence-corrected chi connectivity index (χ3v) is 3.61. The molecule has 2 aromatic rings. The van der Waals surface area contributed by atoms with E-state index in [1.54, 1.807) is 42.5 Å². The SMILES string of the molecule is N#CCC(=O)NCc1ccc(NC(=O)/C=C/c2ccccc2Cl)cc1. The maximum Gasteiger partial charge on any atom is 0.248 e. The van der Waals surface area contributed by atoms with E-state index in [1.165, 1.54) is 6.08 Å². The number of carbonyl (C=O) groups excluding carboxylic acids is 2. The van der Waals surface area contributed by atoms with Gasteiger partial charge in [-0.2, -0.15) is 5.26 Å². The lowest BCUT2D eigenvalue weighted by atomic mass is 10.2. The minimum absolute atomic E-state index is 0.161. The summed E-state index contributed by atoms with van der Waals surface area (Å²) in [5, 5.41) is 14.4. The summed E-state index contributed by atoms with van der Waals surface area (Å²) in [4.78, 5) is 23.2. The van der Waals surface area contributed by atoms with E-state index in [1.807, 2.05) is 18.2 Å². The summed E-state index contributed by atoms with van der Waals surface area (Å²) >= 11 is 6.03. The number of nitrogens with zero attached hydrogens (tertiary/aromatic N) is 1. The van der Waals surface area contributed by atoms with E-state index >= 15 is 0 Å². The van der Waals surface area contributed by atoms with Crippen LogP contribution >= 0.6 is 11.6 Å². The van der Waals surface area contributed by atoms with Crippen LogP contribution in [-0.2, 0) is 16.1 Å². The lowest BCUT2D eigenvalue weighted by Gasteiger charge is -2.06. The Balaban J connectivity index is 1.88. The fourth-order valence-electron chi connectivity index (χ4n) is 2.00. The van der Waals surface area contributed by atoms with Crippen molar-refractivity contribution >= 4 is 35.2 Å². The first kappa shape index (κ1) is 18.2. The molecule has 2 N–H and O–H groups in total. The summed E-state index contributed by atoms with van der Waals surface area (Å²) in [6.07, 6.45) is 2.90. The van der Waals surface area contributed by atoms with Crippen molar-refractivity contribution in [3.8, 4) is 6.07 Å². The second-order valence-electron chi connectivity index (χ2n) is 5.15. The van der Waals surface area contributed by atoms with Crippen molar-refractivity contribution < 1.29 is 9.59 Å². The smallest absolute Gasteiger partial charge is 0.248 e. The summed E-state index contributed by atoms with van der Waals surface area (Å²) in [7, 11) is 0. The molecule has 0 aliphatic heterocycles. The molecule has 25 heavy (non-hydrogen) atoms. The first-order chi connectivity index (χ1) is 12.1. The molecule has 5 nitrogen and oxygen atoms in total. The second kappa shape index (κ2) is 9.26. The molecule has 0 unspecified atom stereocenters. The highest BCUT2D eigenvalue weighted by Crippen LogP contribution is 2.16. The van der Waals surface area contributed by atoms with Gasteiger partial charge in [-0.1, -0.05) is 41.9 Å². The van der Waals surface area contributed by atoms with Crippen LogP contribution in [0, 0.1) is 11.3 Å². The lowest BCUT2D eigenvalue weighted by molar-refractivity contribution is -0.120. The Labute approximate surface area is 150 Å². The zero-order valence-corrected chi connectivity index (χ0v) is 14.1. The Morgan fingerprint density at radius 2 is 1.84 bits per heavy atom. The van der Waals surface area contributed by atoms with Crippen LogP contribution in [0.1, 0.15) is 17.5 Å². The van der Waals surface area contributed by atoms with Crippen LogP contribution in [0.5, 0.6) is 0 Å². The summed E-state index contributed by atoms with van der Waals surface area (Å²) in [5.41, 5.74) is 2.28. The average molecular weight is 354 g/mol. The van der Waals surface area contributed by atoms with Crippen LogP contribution in [0.25, 0.3) is 6.08 Å². The number of carbonyl (C=O) groups is 2. The highest BCUT2D eigenvalue weighted by Gasteiger charge is 2.02.